The van der Waals surface area contributed by atoms with Crippen LogP contribution in [0.2, 0.25) is 0 Å². The molecule has 0 heterocycles. The van der Waals surface area contributed by atoms with Gasteiger partial charge in [-0.05, 0) is 24.3 Å². The first-order valence-electron chi connectivity index (χ1n) is 4.05. The van der Waals surface area contributed by atoms with Gasteiger partial charge in [-0.15, -0.1) is 0 Å². The molecule has 88 valence electrons. The molecule has 0 amide bonds. The van der Waals surface area contributed by atoms with Crippen LogP contribution in [0, 0.1) is 0 Å². The summed E-state index contributed by atoms with van der Waals surface area (Å²) in [5.74, 6) is 0.142. The monoisotopic (exact) mass is 248 g/mol. The molecule has 16 heavy (non-hydrogen) atoms. The maximum Gasteiger partial charge on any atom is 0.703 e. The smallest absolute Gasteiger partial charge is 0.398 e. The first-order valence-corrected chi connectivity index (χ1v) is 5.94. The highest BCUT2D eigenvalue weighted by molar-refractivity contribution is 7.90. The van der Waals surface area contributed by atoms with E-state index in [0.29, 0.717) is 0 Å². The van der Waals surface area contributed by atoms with E-state index in [4.69, 9.17) is 10.3 Å². The molecule has 0 aliphatic heterocycles. The Balaban J connectivity index is 2.66. The van der Waals surface area contributed by atoms with Crippen LogP contribution >= 0.6 is 0 Å². The van der Waals surface area contributed by atoms with Crippen molar-refractivity contribution in [2.24, 2.45) is 0 Å². The van der Waals surface area contributed by atoms with Gasteiger partial charge in [0.15, 0.2) is 15.6 Å². The van der Waals surface area contributed by atoms with E-state index >= 15 is 0 Å². The van der Waals surface area contributed by atoms with Crippen LogP contribution in [0.25, 0.3) is 0 Å². The van der Waals surface area contributed by atoms with Crippen molar-refractivity contribution in [2.75, 3.05) is 6.26 Å². The second-order valence-corrected chi connectivity index (χ2v) is 4.85. The highest BCUT2D eigenvalue weighted by Crippen LogP contribution is 2.15. The molecule has 1 rings (SSSR count). The Labute approximate surface area is 92.1 Å². The minimum atomic E-state index is -3.27. The van der Waals surface area contributed by atoms with Crippen molar-refractivity contribution in [2.45, 2.75) is 4.90 Å². The molecule has 0 aliphatic carbocycles. The molecule has 0 spiro atoms. The summed E-state index contributed by atoms with van der Waals surface area (Å²) in [5.41, 5.74) is 0. The standard InChI is InChI=1S/C7H9BO7S/c1-16(11,12)7-4-2-6(3-5-7)13-15-8(9)14-10/h2-5,9-10H,1H3. The van der Waals surface area contributed by atoms with Crippen LogP contribution in [0.5, 0.6) is 5.75 Å². The first kappa shape index (κ1) is 12.9. The zero-order valence-corrected chi connectivity index (χ0v) is 9.05. The van der Waals surface area contributed by atoms with Crippen LogP contribution in [-0.2, 0) is 19.4 Å². The Morgan fingerprint density at radius 3 is 2.25 bits per heavy atom. The fourth-order valence-corrected chi connectivity index (χ4v) is 1.49. The first-order chi connectivity index (χ1) is 7.43. The van der Waals surface area contributed by atoms with E-state index in [9.17, 15) is 8.42 Å². The lowest BCUT2D eigenvalue weighted by Gasteiger charge is -2.05. The normalized spacial score (nSPS) is 11.2. The molecule has 1 aromatic rings. The van der Waals surface area contributed by atoms with Crippen molar-refractivity contribution in [1.82, 2.24) is 0 Å². The molecule has 0 aromatic heterocycles. The average Bonchev–Trinajstić information content (AvgIpc) is 2.25. The van der Waals surface area contributed by atoms with Crippen molar-refractivity contribution < 1.29 is 33.2 Å². The molecule has 1 aromatic carbocycles. The van der Waals surface area contributed by atoms with Gasteiger partial charge in [0.1, 0.15) is 0 Å². The van der Waals surface area contributed by atoms with Crippen molar-refractivity contribution in [3.63, 3.8) is 0 Å². The summed E-state index contributed by atoms with van der Waals surface area (Å²) in [6, 6.07) is 5.25. The van der Waals surface area contributed by atoms with E-state index in [-0.39, 0.29) is 10.6 Å². The van der Waals surface area contributed by atoms with E-state index in [1.165, 1.54) is 24.3 Å². The minimum Gasteiger partial charge on any atom is -0.398 e. The van der Waals surface area contributed by atoms with Crippen LogP contribution in [-0.4, -0.2) is 32.3 Å². The second-order valence-electron chi connectivity index (χ2n) is 2.84. The van der Waals surface area contributed by atoms with Gasteiger partial charge in [0.2, 0.25) is 0 Å². The van der Waals surface area contributed by atoms with Crippen LogP contribution in [0.3, 0.4) is 0 Å². The third-order valence-electron chi connectivity index (χ3n) is 1.57. The van der Waals surface area contributed by atoms with E-state index in [1.54, 1.807) is 0 Å². The van der Waals surface area contributed by atoms with Crippen LogP contribution in [0.15, 0.2) is 29.2 Å². The van der Waals surface area contributed by atoms with Gasteiger partial charge < -0.3 is 9.91 Å². The molecule has 0 radical (unpaired) electrons. The third-order valence-corrected chi connectivity index (χ3v) is 2.70. The average molecular weight is 248 g/mol. The van der Waals surface area contributed by atoms with Gasteiger partial charge in [-0.3, -0.25) is 5.26 Å². The van der Waals surface area contributed by atoms with Crippen molar-refractivity contribution in [1.29, 1.82) is 0 Å². The van der Waals surface area contributed by atoms with Gasteiger partial charge in [0, 0.05) is 6.26 Å². The Bertz CT molecular complexity index is 429. The number of hydrogen-bond acceptors (Lipinski definition) is 7. The summed E-state index contributed by atoms with van der Waals surface area (Å²) in [6.07, 6.45) is 1.07. The maximum absolute atomic E-state index is 11.1. The lowest BCUT2D eigenvalue weighted by atomic mass is 10.3. The molecular weight excluding hydrogens is 239 g/mol. The molecule has 7 nitrogen and oxygen atoms in total. The molecule has 0 atom stereocenters. The van der Waals surface area contributed by atoms with Gasteiger partial charge in [-0.25, -0.2) is 13.2 Å². The Morgan fingerprint density at radius 2 is 1.81 bits per heavy atom. The Kier molecular flexibility index (Phi) is 4.27. The van der Waals surface area contributed by atoms with Gasteiger partial charge >= 0.3 is 7.32 Å². The Morgan fingerprint density at radius 1 is 1.25 bits per heavy atom. The zero-order chi connectivity index (χ0) is 12.2. The lowest BCUT2D eigenvalue weighted by molar-refractivity contribution is -0.229. The highest BCUT2D eigenvalue weighted by Gasteiger charge is 2.17. The summed E-state index contributed by atoms with van der Waals surface area (Å²) in [6.45, 7) is 0. The molecule has 0 aliphatic rings. The van der Waals surface area contributed by atoms with Crippen LogP contribution in [0.4, 0.5) is 0 Å². The Hall–Kier alpha value is -1.13. The van der Waals surface area contributed by atoms with Crippen LogP contribution < -0.4 is 4.89 Å². The molecule has 0 saturated heterocycles. The molecule has 0 bridgehead atoms. The quantitative estimate of drug-likeness (QED) is 0.425. The molecule has 0 saturated carbocycles. The fourth-order valence-electron chi connectivity index (χ4n) is 0.857. The summed E-state index contributed by atoms with van der Waals surface area (Å²) in [5, 5.41) is 16.5. The molecular formula is C7H9BO7S. The van der Waals surface area contributed by atoms with E-state index in [0.717, 1.165) is 6.26 Å². The summed E-state index contributed by atoms with van der Waals surface area (Å²) in [7, 11) is -5.20. The highest BCUT2D eigenvalue weighted by atomic mass is 32.2. The van der Waals surface area contributed by atoms with Gasteiger partial charge in [0.25, 0.3) is 0 Å². The predicted molar refractivity (Wildman–Crippen MR) is 53.0 cm³/mol. The van der Waals surface area contributed by atoms with Crippen LogP contribution in [0.1, 0.15) is 0 Å². The molecule has 0 unspecified atom stereocenters. The van der Waals surface area contributed by atoms with Crippen molar-refractivity contribution in [3.05, 3.63) is 24.3 Å². The minimum absolute atomic E-state index is 0.124. The number of rotatable bonds is 5. The van der Waals surface area contributed by atoms with Gasteiger partial charge in [-0.1, -0.05) is 0 Å². The van der Waals surface area contributed by atoms with E-state index in [1.807, 2.05) is 0 Å². The summed E-state index contributed by atoms with van der Waals surface area (Å²) in [4.78, 5) is 12.1. The number of hydrogen-bond donors (Lipinski definition) is 2. The maximum atomic E-state index is 11.1. The zero-order valence-electron chi connectivity index (χ0n) is 8.23. The van der Waals surface area contributed by atoms with Crippen molar-refractivity contribution >= 4 is 17.2 Å². The fraction of sp³-hybridized carbons (Fsp3) is 0.143. The lowest BCUT2D eigenvalue weighted by Crippen LogP contribution is -2.22. The largest absolute Gasteiger partial charge is 0.703 e. The topological polar surface area (TPSA) is 102 Å². The van der Waals surface area contributed by atoms with Crippen molar-refractivity contribution in [3.8, 4) is 5.75 Å². The number of sulfone groups is 1. The van der Waals surface area contributed by atoms with Gasteiger partial charge in [-0.2, -0.15) is 4.81 Å². The third kappa shape index (κ3) is 3.79. The molecule has 0 fully saturated rings. The summed E-state index contributed by atoms with van der Waals surface area (Å²) < 4.78 is 22.2. The number of benzene rings is 1. The van der Waals surface area contributed by atoms with E-state index < -0.39 is 17.2 Å². The predicted octanol–water partition coefficient (Wildman–Crippen LogP) is -0.133. The second kappa shape index (κ2) is 5.28. The molecule has 9 heteroatoms. The van der Waals surface area contributed by atoms with Gasteiger partial charge in [0.05, 0.1) is 4.90 Å². The summed E-state index contributed by atoms with van der Waals surface area (Å²) >= 11 is 0. The molecule has 2 N–H and O–H groups in total. The van der Waals surface area contributed by atoms with E-state index in [2.05, 4.69) is 14.5 Å². The SMILES string of the molecule is CS(=O)(=O)c1ccc(OOB(O)OO)cc1.